The molecule has 5 N–H and O–H groups in total. The number of amides is 1. The lowest BCUT2D eigenvalue weighted by atomic mass is 9.96. The van der Waals surface area contributed by atoms with Crippen LogP contribution in [0.3, 0.4) is 0 Å². The predicted octanol–water partition coefficient (Wildman–Crippen LogP) is 6.11. The molecule has 6 nitrogen and oxygen atoms in total. The van der Waals surface area contributed by atoms with Gasteiger partial charge in [-0.25, -0.2) is 4.39 Å². The van der Waals surface area contributed by atoms with Gasteiger partial charge in [-0.1, -0.05) is 51.1 Å². The molecule has 0 atom stereocenters. The fourth-order valence-corrected chi connectivity index (χ4v) is 4.02. The molecule has 4 rings (SSSR count). The molecule has 0 aliphatic carbocycles. The number of nitrogens with one attached hydrogen (secondary N) is 3. The van der Waals surface area contributed by atoms with Crippen LogP contribution in [0.4, 0.5) is 10.1 Å². The van der Waals surface area contributed by atoms with Crippen LogP contribution in [0.2, 0.25) is 0 Å². The molecule has 206 valence electrons. The highest BCUT2D eigenvalue weighted by molar-refractivity contribution is 6.32. The van der Waals surface area contributed by atoms with E-state index in [-0.39, 0.29) is 11.7 Å². The number of carbonyl (C=O) groups excluding carboxylic acids is 2. The van der Waals surface area contributed by atoms with Gasteiger partial charge in [0, 0.05) is 34.6 Å². The number of benzene rings is 2. The average Bonchev–Trinajstić information content (AvgIpc) is 3.35. The molecule has 1 aliphatic heterocycles. The largest absolute Gasteiger partial charge is 0.362 e. The first-order chi connectivity index (χ1) is 18.2. The highest BCUT2D eigenvalue weighted by Crippen LogP contribution is 2.38. The van der Waals surface area contributed by atoms with E-state index >= 15 is 0 Å². The third-order valence-corrected chi connectivity index (χ3v) is 6.11. The third kappa shape index (κ3) is 9.08. The zero-order valence-corrected chi connectivity index (χ0v) is 23.6. The molecule has 0 unspecified atom stereocenters. The van der Waals surface area contributed by atoms with Crippen LogP contribution < -0.4 is 16.4 Å². The molecular formula is C31H43FN4O2. The van der Waals surface area contributed by atoms with Crippen molar-refractivity contribution in [2.75, 3.05) is 25.5 Å². The summed E-state index contributed by atoms with van der Waals surface area (Å²) in [5.74, 6) is -0.498. The van der Waals surface area contributed by atoms with E-state index in [0.717, 1.165) is 46.5 Å². The number of hydrogen-bond acceptors (Lipinski definition) is 4. The lowest BCUT2D eigenvalue weighted by molar-refractivity contribution is -0.111. The SMILES string of the molecule is C=C1C(=O)Nc2cccc(-c3cccc(F)c3)c21.CCCCNCC.CN.Cc1[nH]c(C)c(CC=O)c1C. The second-order valence-electron chi connectivity index (χ2n) is 8.73. The molecule has 1 aliphatic rings. The first-order valence-electron chi connectivity index (χ1n) is 13.0. The summed E-state index contributed by atoms with van der Waals surface area (Å²) in [5.41, 5.74) is 12.6. The van der Waals surface area contributed by atoms with Crippen molar-refractivity contribution in [2.45, 2.75) is 53.9 Å². The van der Waals surface area contributed by atoms with E-state index in [0.29, 0.717) is 12.0 Å². The fourth-order valence-electron chi connectivity index (χ4n) is 4.02. The molecule has 0 saturated carbocycles. The van der Waals surface area contributed by atoms with Crippen LogP contribution in [0.5, 0.6) is 0 Å². The van der Waals surface area contributed by atoms with Gasteiger partial charge in [-0.3, -0.25) is 4.79 Å². The number of aryl methyl sites for hydroxylation is 2. The second-order valence-corrected chi connectivity index (χ2v) is 8.73. The predicted molar refractivity (Wildman–Crippen MR) is 158 cm³/mol. The third-order valence-electron chi connectivity index (χ3n) is 6.11. The van der Waals surface area contributed by atoms with Crippen molar-refractivity contribution in [1.29, 1.82) is 0 Å². The van der Waals surface area contributed by atoms with Crippen molar-refractivity contribution in [3.8, 4) is 11.1 Å². The molecule has 3 aromatic rings. The smallest absolute Gasteiger partial charge is 0.255 e. The van der Waals surface area contributed by atoms with Crippen molar-refractivity contribution in [1.82, 2.24) is 10.3 Å². The van der Waals surface area contributed by atoms with E-state index in [1.165, 1.54) is 49.8 Å². The van der Waals surface area contributed by atoms with Crippen LogP contribution in [0.15, 0.2) is 49.0 Å². The van der Waals surface area contributed by atoms with Gasteiger partial charge in [0.2, 0.25) is 0 Å². The van der Waals surface area contributed by atoms with E-state index in [1.54, 1.807) is 6.07 Å². The van der Waals surface area contributed by atoms with Gasteiger partial charge >= 0.3 is 0 Å². The Bertz CT molecular complexity index is 1200. The van der Waals surface area contributed by atoms with E-state index in [4.69, 9.17) is 0 Å². The maximum absolute atomic E-state index is 13.3. The van der Waals surface area contributed by atoms with E-state index in [9.17, 15) is 14.0 Å². The normalized spacial score (nSPS) is 11.2. The number of H-pyrrole nitrogens is 1. The number of anilines is 1. The fraction of sp³-hybridized carbons (Fsp3) is 0.355. The highest BCUT2D eigenvalue weighted by atomic mass is 19.1. The van der Waals surface area contributed by atoms with Crippen molar-refractivity contribution in [2.24, 2.45) is 5.73 Å². The summed E-state index contributed by atoms with van der Waals surface area (Å²) >= 11 is 0. The molecule has 0 spiro atoms. The Morgan fingerprint density at radius 1 is 1.05 bits per heavy atom. The summed E-state index contributed by atoms with van der Waals surface area (Å²) in [6.45, 7) is 16.5. The van der Waals surface area contributed by atoms with E-state index < -0.39 is 0 Å². The number of rotatable bonds is 7. The van der Waals surface area contributed by atoms with Crippen molar-refractivity contribution >= 4 is 23.5 Å². The van der Waals surface area contributed by atoms with Gasteiger partial charge in [0.15, 0.2) is 0 Å². The molecule has 1 aromatic heterocycles. The first kappa shape index (κ1) is 32.5. The Morgan fingerprint density at radius 2 is 1.74 bits per heavy atom. The number of halogens is 1. The van der Waals surface area contributed by atoms with Crippen LogP contribution in [-0.4, -0.2) is 37.3 Å². The number of unbranched alkanes of at least 4 members (excludes halogenated alkanes) is 1. The standard InChI is InChI=1S/C15H10FNO.C9H13NO.C6H15N.CH5N/c1-9-14-12(10-4-2-5-11(16)8-10)6-3-7-13(14)17-15(9)18;1-6-7(2)10-8(3)9(6)4-5-11;1-3-5-6-7-4-2;1-2/h2-8H,1H2,(H,17,18);5,10H,4H2,1-3H3;7H,3-6H2,1-2H3;2H2,1H3. The van der Waals surface area contributed by atoms with Crippen molar-refractivity contribution < 1.29 is 14.0 Å². The average molecular weight is 523 g/mol. The van der Waals surface area contributed by atoms with Crippen LogP contribution in [-0.2, 0) is 16.0 Å². The topological polar surface area (TPSA) is 100 Å². The van der Waals surface area contributed by atoms with Gasteiger partial charge in [-0.05, 0) is 87.8 Å². The number of hydrogen-bond donors (Lipinski definition) is 4. The molecule has 0 radical (unpaired) electrons. The second kappa shape index (κ2) is 17.1. The number of nitrogens with two attached hydrogens (primary N) is 1. The Labute approximate surface area is 226 Å². The highest BCUT2D eigenvalue weighted by Gasteiger charge is 2.25. The number of aromatic nitrogens is 1. The van der Waals surface area contributed by atoms with Crippen molar-refractivity contribution in [3.05, 3.63) is 82.9 Å². The van der Waals surface area contributed by atoms with Gasteiger partial charge in [0.1, 0.15) is 12.1 Å². The molecule has 2 heterocycles. The number of carbonyl (C=O) groups is 2. The zero-order chi connectivity index (χ0) is 28.7. The van der Waals surface area contributed by atoms with E-state index in [2.05, 4.69) is 41.8 Å². The summed E-state index contributed by atoms with van der Waals surface area (Å²) in [6, 6.07) is 11.8. The van der Waals surface area contributed by atoms with E-state index in [1.807, 2.05) is 45.0 Å². The van der Waals surface area contributed by atoms with Crippen LogP contribution in [0, 0.1) is 26.6 Å². The van der Waals surface area contributed by atoms with Crippen LogP contribution >= 0.6 is 0 Å². The summed E-state index contributed by atoms with van der Waals surface area (Å²) in [4.78, 5) is 25.1. The molecule has 38 heavy (non-hydrogen) atoms. The Morgan fingerprint density at radius 3 is 2.29 bits per heavy atom. The van der Waals surface area contributed by atoms with Gasteiger partial charge < -0.3 is 26.1 Å². The number of fused-ring (bicyclic) bond motifs is 1. The van der Waals surface area contributed by atoms with Crippen LogP contribution in [0.1, 0.15) is 54.8 Å². The Hall–Kier alpha value is -3.55. The maximum Gasteiger partial charge on any atom is 0.255 e. The lowest BCUT2D eigenvalue weighted by Gasteiger charge is -2.07. The minimum atomic E-state index is -0.298. The van der Waals surface area contributed by atoms with Gasteiger partial charge in [-0.15, -0.1) is 0 Å². The molecular weight excluding hydrogens is 479 g/mol. The molecule has 0 saturated heterocycles. The first-order valence-corrected chi connectivity index (χ1v) is 13.0. The maximum atomic E-state index is 13.3. The number of aromatic amines is 1. The minimum absolute atomic E-state index is 0.200. The quantitative estimate of drug-likeness (QED) is 0.171. The van der Waals surface area contributed by atoms with Crippen LogP contribution in [0.25, 0.3) is 16.7 Å². The minimum Gasteiger partial charge on any atom is -0.362 e. The summed E-state index contributed by atoms with van der Waals surface area (Å²) in [5, 5.41) is 5.99. The summed E-state index contributed by atoms with van der Waals surface area (Å²) < 4.78 is 13.3. The molecule has 0 bridgehead atoms. The Balaban J connectivity index is 0.000000309. The zero-order valence-electron chi connectivity index (χ0n) is 23.6. The lowest BCUT2D eigenvalue weighted by Crippen LogP contribution is -2.13. The van der Waals surface area contributed by atoms with Gasteiger partial charge in [-0.2, -0.15) is 0 Å². The molecule has 1 amide bonds. The number of aldehydes is 1. The monoisotopic (exact) mass is 522 g/mol. The van der Waals surface area contributed by atoms with Gasteiger partial charge in [0.05, 0.1) is 0 Å². The van der Waals surface area contributed by atoms with Crippen molar-refractivity contribution in [3.63, 3.8) is 0 Å². The van der Waals surface area contributed by atoms with Gasteiger partial charge in [0.25, 0.3) is 5.91 Å². The molecule has 2 aromatic carbocycles. The summed E-state index contributed by atoms with van der Waals surface area (Å²) in [6.07, 6.45) is 4.09. The summed E-state index contributed by atoms with van der Waals surface area (Å²) in [7, 11) is 1.50. The molecule has 0 fully saturated rings. The Kier molecular flexibility index (Phi) is 14.6. The molecule has 7 heteroatoms.